The van der Waals surface area contributed by atoms with Gasteiger partial charge in [0.2, 0.25) is 11.8 Å². The summed E-state index contributed by atoms with van der Waals surface area (Å²) < 4.78 is 0. The highest BCUT2D eigenvalue weighted by molar-refractivity contribution is 5.94. The second-order valence-corrected chi connectivity index (χ2v) is 11.1. The average Bonchev–Trinajstić information content (AvgIpc) is 3.08. The molecule has 1 aromatic carbocycles. The van der Waals surface area contributed by atoms with E-state index in [9.17, 15) is 9.59 Å². The number of benzene rings is 1. The molecule has 4 nitrogen and oxygen atoms in total. The number of amides is 2. The van der Waals surface area contributed by atoms with E-state index in [1.807, 2.05) is 6.07 Å². The molecule has 3 saturated carbocycles. The van der Waals surface area contributed by atoms with Crippen molar-refractivity contribution in [1.29, 1.82) is 0 Å². The van der Waals surface area contributed by atoms with Crippen LogP contribution in [0.3, 0.4) is 0 Å². The Hall–Kier alpha value is -2.10. The molecule has 7 atom stereocenters. The average molecular weight is 421 g/mol. The van der Waals surface area contributed by atoms with Gasteiger partial charge in [-0.1, -0.05) is 38.1 Å². The number of carbonyl (C=O) groups is 2. The maximum Gasteiger partial charge on any atom is 0.243 e. The zero-order chi connectivity index (χ0) is 22.0. The summed E-state index contributed by atoms with van der Waals surface area (Å²) in [4.78, 5) is 25.4. The highest BCUT2D eigenvalue weighted by Gasteiger charge is 2.60. The molecule has 2 amide bonds. The van der Waals surface area contributed by atoms with Gasteiger partial charge in [0.15, 0.2) is 0 Å². The number of nitrogens with one attached hydrogen (secondary N) is 2. The number of anilines is 1. The zero-order valence-corrected chi connectivity index (χ0v) is 19.3. The Morgan fingerprint density at radius 2 is 1.77 bits per heavy atom. The highest BCUT2D eigenvalue weighted by Crippen LogP contribution is 2.65. The maximum absolute atomic E-state index is 13.5. The molecule has 0 radical (unpaired) electrons. The van der Waals surface area contributed by atoms with Crippen molar-refractivity contribution in [2.24, 2.45) is 34.5 Å². The predicted octanol–water partition coefficient (Wildman–Crippen LogP) is 5.16. The van der Waals surface area contributed by atoms with Crippen LogP contribution < -0.4 is 10.6 Å². The van der Waals surface area contributed by atoms with Gasteiger partial charge in [0.1, 0.15) is 0 Å². The minimum atomic E-state index is 0.0523. The molecule has 31 heavy (non-hydrogen) atoms. The molecule has 3 aliphatic carbocycles. The van der Waals surface area contributed by atoms with E-state index in [2.05, 4.69) is 56.5 Å². The molecular formula is C27H36N2O2. The Balaban J connectivity index is 1.38. The molecular weight excluding hydrogens is 384 g/mol. The summed E-state index contributed by atoms with van der Waals surface area (Å²) in [6, 6.07) is 6.46. The molecule has 1 aromatic rings. The summed E-state index contributed by atoms with van der Waals surface area (Å²) in [5, 5.41) is 6.55. The zero-order valence-electron chi connectivity index (χ0n) is 19.3. The van der Waals surface area contributed by atoms with Crippen LogP contribution >= 0.6 is 0 Å². The van der Waals surface area contributed by atoms with Gasteiger partial charge in [0, 0.05) is 23.1 Å². The Labute approximate surface area is 186 Å². The van der Waals surface area contributed by atoms with Gasteiger partial charge in [0.05, 0.1) is 0 Å². The lowest BCUT2D eigenvalue weighted by atomic mass is 9.48. The number of hydrogen-bond donors (Lipinski definition) is 2. The number of hydrogen-bond acceptors (Lipinski definition) is 2. The first-order valence-corrected chi connectivity index (χ1v) is 12.1. The van der Waals surface area contributed by atoms with Crippen LogP contribution in [0.15, 0.2) is 30.4 Å². The van der Waals surface area contributed by atoms with E-state index in [0.29, 0.717) is 17.8 Å². The number of carbonyl (C=O) groups excluding carboxylic acids is 2. The monoisotopic (exact) mass is 420 g/mol. The second kappa shape index (κ2) is 7.21. The third-order valence-corrected chi connectivity index (χ3v) is 9.73. The van der Waals surface area contributed by atoms with Crippen molar-refractivity contribution >= 4 is 17.5 Å². The Morgan fingerprint density at radius 3 is 2.52 bits per heavy atom. The van der Waals surface area contributed by atoms with Crippen molar-refractivity contribution < 1.29 is 9.59 Å². The summed E-state index contributed by atoms with van der Waals surface area (Å²) in [7, 11) is 0. The van der Waals surface area contributed by atoms with Crippen LogP contribution in [-0.2, 0) is 9.59 Å². The molecule has 3 fully saturated rings. The van der Waals surface area contributed by atoms with E-state index >= 15 is 0 Å². The van der Waals surface area contributed by atoms with Crippen molar-refractivity contribution in [3.05, 3.63) is 41.5 Å². The Bertz CT molecular complexity index is 932. The van der Waals surface area contributed by atoms with Gasteiger partial charge >= 0.3 is 0 Å². The van der Waals surface area contributed by atoms with Gasteiger partial charge in [-0.15, -0.1) is 0 Å². The molecule has 5 rings (SSSR count). The molecule has 166 valence electrons. The molecule has 1 heterocycles. The van der Waals surface area contributed by atoms with Crippen LogP contribution in [0, 0.1) is 48.3 Å². The topological polar surface area (TPSA) is 58.2 Å². The summed E-state index contributed by atoms with van der Waals surface area (Å²) >= 11 is 0. The molecule has 4 heteroatoms. The van der Waals surface area contributed by atoms with E-state index in [-0.39, 0.29) is 34.6 Å². The fraction of sp³-hybridized carbons (Fsp3) is 0.630. The second-order valence-electron chi connectivity index (χ2n) is 11.1. The largest absolute Gasteiger partial charge is 0.349 e. The van der Waals surface area contributed by atoms with Crippen LogP contribution in [0.1, 0.15) is 63.5 Å². The fourth-order valence-corrected chi connectivity index (χ4v) is 7.99. The normalized spacial score (nSPS) is 41.0. The quantitative estimate of drug-likeness (QED) is 0.695. The maximum atomic E-state index is 13.5. The lowest BCUT2D eigenvalue weighted by molar-refractivity contribution is -0.129. The standard InChI is InChI=1S/C27H36N2O2/c1-16-6-5-7-17(2)24(16)29-25(31)21-10-9-19-18-8-11-22-27(4,15-13-23(30)28-22)20(18)12-14-26(19,21)3/h5-7,13,15,18-22H,8-12,14H2,1-4H3,(H,28,30)(H,29,31)/t18-,19-,20-,21+,22+,26-,27+/m0/s1. The molecule has 2 N–H and O–H groups in total. The minimum absolute atomic E-state index is 0.0523. The number of aryl methyl sites for hydroxylation is 2. The smallest absolute Gasteiger partial charge is 0.243 e. The lowest BCUT2D eigenvalue weighted by Crippen LogP contribution is -2.59. The Morgan fingerprint density at radius 1 is 1.03 bits per heavy atom. The predicted molar refractivity (Wildman–Crippen MR) is 123 cm³/mol. The molecule has 4 aliphatic rings. The van der Waals surface area contributed by atoms with Gasteiger partial charge in [-0.05, 0) is 92.7 Å². The summed E-state index contributed by atoms with van der Waals surface area (Å²) in [6.45, 7) is 8.89. The summed E-state index contributed by atoms with van der Waals surface area (Å²) in [5.74, 6) is 2.21. The third-order valence-electron chi connectivity index (χ3n) is 9.73. The van der Waals surface area contributed by atoms with Gasteiger partial charge in [0.25, 0.3) is 0 Å². The number of fused-ring (bicyclic) bond motifs is 5. The first-order valence-electron chi connectivity index (χ1n) is 12.1. The van der Waals surface area contributed by atoms with Crippen LogP contribution in [-0.4, -0.2) is 17.9 Å². The first-order chi connectivity index (χ1) is 14.7. The van der Waals surface area contributed by atoms with Crippen molar-refractivity contribution in [1.82, 2.24) is 5.32 Å². The SMILES string of the molecule is Cc1cccc(C)c1NC(=O)[C@H]1CC[C@H]2[C@@H]3CC[C@H]4NC(=O)C=C[C@]4(C)[C@H]3CC[C@]12C. The highest BCUT2D eigenvalue weighted by atomic mass is 16.2. The summed E-state index contributed by atoms with van der Waals surface area (Å²) in [5.41, 5.74) is 3.39. The van der Waals surface area contributed by atoms with Crippen molar-refractivity contribution in [2.75, 3.05) is 5.32 Å². The van der Waals surface area contributed by atoms with Crippen molar-refractivity contribution in [2.45, 2.75) is 72.3 Å². The van der Waals surface area contributed by atoms with Crippen molar-refractivity contribution in [3.63, 3.8) is 0 Å². The molecule has 0 bridgehead atoms. The molecule has 0 aromatic heterocycles. The first kappa shape index (κ1) is 20.8. The number of rotatable bonds is 2. The van der Waals surface area contributed by atoms with Gasteiger partial charge in [-0.25, -0.2) is 0 Å². The lowest BCUT2D eigenvalue weighted by Gasteiger charge is -2.58. The van der Waals surface area contributed by atoms with E-state index in [1.165, 1.54) is 6.42 Å². The molecule has 0 spiro atoms. The van der Waals surface area contributed by atoms with E-state index in [0.717, 1.165) is 48.9 Å². The van der Waals surface area contributed by atoms with Crippen molar-refractivity contribution in [3.8, 4) is 0 Å². The van der Waals surface area contributed by atoms with Crippen LogP contribution in [0.25, 0.3) is 0 Å². The van der Waals surface area contributed by atoms with Crippen LogP contribution in [0.4, 0.5) is 5.69 Å². The van der Waals surface area contributed by atoms with E-state index < -0.39 is 0 Å². The van der Waals surface area contributed by atoms with Crippen LogP contribution in [0.2, 0.25) is 0 Å². The van der Waals surface area contributed by atoms with E-state index in [1.54, 1.807) is 6.08 Å². The molecule has 1 aliphatic heterocycles. The Kier molecular flexibility index (Phi) is 4.84. The number of para-hydroxylation sites is 1. The third kappa shape index (κ3) is 3.08. The molecule has 0 saturated heterocycles. The van der Waals surface area contributed by atoms with Gasteiger partial charge < -0.3 is 10.6 Å². The minimum Gasteiger partial charge on any atom is -0.349 e. The fourth-order valence-electron chi connectivity index (χ4n) is 7.99. The van der Waals surface area contributed by atoms with Crippen LogP contribution in [0.5, 0.6) is 0 Å². The van der Waals surface area contributed by atoms with E-state index in [4.69, 9.17) is 0 Å². The van der Waals surface area contributed by atoms with Gasteiger partial charge in [-0.3, -0.25) is 9.59 Å². The summed E-state index contributed by atoms with van der Waals surface area (Å²) in [6.07, 6.45) is 10.6. The molecule has 0 unspecified atom stereocenters. The van der Waals surface area contributed by atoms with Gasteiger partial charge in [-0.2, -0.15) is 0 Å².